The standard InChI is InChI=1S/C23H26ClFN4O2S2/c24-18-14-21(33(30,31)29-22-28-12-13-32-22)19(25)15-20(18)27-11-10-23(8-6-17(26)7-9-23)16-4-2-1-3-5-16/h1-5,12-15,17,27H,6-11,26H2,(H,28,29). The molecular weight excluding hydrogens is 483 g/mol. The van der Waals surface area contributed by atoms with Crippen LogP contribution in [-0.4, -0.2) is 26.0 Å². The maximum atomic E-state index is 14.8. The monoisotopic (exact) mass is 508 g/mol. The molecule has 176 valence electrons. The van der Waals surface area contributed by atoms with Gasteiger partial charge in [-0.05, 0) is 55.2 Å². The summed E-state index contributed by atoms with van der Waals surface area (Å²) in [7, 11) is -4.14. The summed E-state index contributed by atoms with van der Waals surface area (Å²) in [5.41, 5.74) is 7.79. The van der Waals surface area contributed by atoms with Gasteiger partial charge >= 0.3 is 0 Å². The van der Waals surface area contributed by atoms with Crippen LogP contribution >= 0.6 is 22.9 Å². The van der Waals surface area contributed by atoms with E-state index >= 15 is 0 Å². The number of thiazole rings is 1. The van der Waals surface area contributed by atoms with Crippen molar-refractivity contribution in [2.24, 2.45) is 5.73 Å². The van der Waals surface area contributed by atoms with Crippen molar-refractivity contribution in [2.75, 3.05) is 16.6 Å². The van der Waals surface area contributed by atoms with Crippen LogP contribution in [0.25, 0.3) is 0 Å². The Balaban J connectivity index is 1.48. The zero-order valence-electron chi connectivity index (χ0n) is 17.9. The van der Waals surface area contributed by atoms with Gasteiger partial charge in [0.15, 0.2) is 5.13 Å². The Morgan fingerprint density at radius 3 is 2.61 bits per heavy atom. The number of aromatic nitrogens is 1. The van der Waals surface area contributed by atoms with Gasteiger partial charge in [0.25, 0.3) is 10.0 Å². The van der Waals surface area contributed by atoms with Crippen molar-refractivity contribution in [3.63, 3.8) is 0 Å². The minimum atomic E-state index is -4.14. The molecule has 1 aromatic heterocycles. The topological polar surface area (TPSA) is 97.1 Å². The SMILES string of the molecule is NC1CCC(CCNc2cc(F)c(S(=O)(=O)Nc3nccs3)cc2Cl)(c2ccccc2)CC1. The lowest BCUT2D eigenvalue weighted by Gasteiger charge is -2.40. The third kappa shape index (κ3) is 5.48. The molecule has 0 unspecified atom stereocenters. The summed E-state index contributed by atoms with van der Waals surface area (Å²) in [6.07, 6.45) is 6.18. The number of nitrogens with one attached hydrogen (secondary N) is 2. The van der Waals surface area contributed by atoms with Gasteiger partial charge in [-0.15, -0.1) is 11.3 Å². The van der Waals surface area contributed by atoms with Crippen molar-refractivity contribution in [2.45, 2.75) is 48.5 Å². The number of benzene rings is 2. The quantitative estimate of drug-likeness (QED) is 0.379. The lowest BCUT2D eigenvalue weighted by atomic mass is 9.66. The van der Waals surface area contributed by atoms with Crippen LogP contribution in [0, 0.1) is 5.82 Å². The van der Waals surface area contributed by atoms with E-state index in [1.807, 2.05) is 18.2 Å². The molecule has 0 atom stereocenters. The predicted octanol–water partition coefficient (Wildman–Crippen LogP) is 5.38. The molecule has 1 aliphatic carbocycles. The molecule has 0 amide bonds. The first-order chi connectivity index (χ1) is 15.8. The summed E-state index contributed by atoms with van der Waals surface area (Å²) in [5.74, 6) is -0.882. The average molecular weight is 509 g/mol. The van der Waals surface area contributed by atoms with E-state index in [1.165, 1.54) is 11.8 Å². The molecule has 1 fully saturated rings. The summed E-state index contributed by atoms with van der Waals surface area (Å²) in [6.45, 7) is 0.562. The molecule has 6 nitrogen and oxygen atoms in total. The Morgan fingerprint density at radius 1 is 1.21 bits per heavy atom. The largest absolute Gasteiger partial charge is 0.384 e. The van der Waals surface area contributed by atoms with Crippen LogP contribution < -0.4 is 15.8 Å². The van der Waals surface area contributed by atoms with Crippen molar-refractivity contribution in [1.82, 2.24) is 4.98 Å². The van der Waals surface area contributed by atoms with Crippen molar-refractivity contribution < 1.29 is 12.8 Å². The summed E-state index contributed by atoms with van der Waals surface area (Å²) in [5, 5.41) is 5.12. The number of rotatable bonds is 8. The van der Waals surface area contributed by atoms with E-state index in [9.17, 15) is 12.8 Å². The fraction of sp³-hybridized carbons (Fsp3) is 0.348. The number of hydrogen-bond acceptors (Lipinski definition) is 6. The van der Waals surface area contributed by atoms with Crippen LogP contribution in [-0.2, 0) is 15.4 Å². The predicted molar refractivity (Wildman–Crippen MR) is 132 cm³/mol. The van der Waals surface area contributed by atoms with Gasteiger partial charge < -0.3 is 11.1 Å². The minimum Gasteiger partial charge on any atom is -0.384 e. The van der Waals surface area contributed by atoms with Gasteiger partial charge in [0.05, 0.1) is 10.7 Å². The van der Waals surface area contributed by atoms with Gasteiger partial charge in [-0.25, -0.2) is 17.8 Å². The molecular formula is C23H26ClFN4O2S2. The number of sulfonamides is 1. The maximum absolute atomic E-state index is 14.8. The molecule has 0 radical (unpaired) electrons. The van der Waals surface area contributed by atoms with E-state index in [-0.39, 0.29) is 21.6 Å². The first kappa shape index (κ1) is 23.9. The highest BCUT2D eigenvalue weighted by Crippen LogP contribution is 2.42. The lowest BCUT2D eigenvalue weighted by Crippen LogP contribution is -2.38. The highest BCUT2D eigenvalue weighted by molar-refractivity contribution is 7.93. The van der Waals surface area contributed by atoms with Gasteiger partial charge in [-0.3, -0.25) is 4.72 Å². The molecule has 1 heterocycles. The lowest BCUT2D eigenvalue weighted by molar-refractivity contribution is 0.258. The summed E-state index contributed by atoms with van der Waals surface area (Å²) in [6, 6.07) is 12.9. The van der Waals surface area contributed by atoms with Crippen molar-refractivity contribution in [1.29, 1.82) is 0 Å². The van der Waals surface area contributed by atoms with E-state index in [4.69, 9.17) is 17.3 Å². The van der Waals surface area contributed by atoms with E-state index in [0.29, 0.717) is 12.2 Å². The maximum Gasteiger partial charge on any atom is 0.266 e. The second kappa shape index (κ2) is 9.97. The van der Waals surface area contributed by atoms with Crippen LogP contribution in [0.2, 0.25) is 5.02 Å². The Labute approximate surface area is 202 Å². The van der Waals surface area contributed by atoms with Crippen LogP contribution in [0.15, 0.2) is 58.9 Å². The fourth-order valence-corrected chi connectivity index (χ4v) is 6.59. The molecule has 3 aromatic rings. The molecule has 0 aliphatic heterocycles. The van der Waals surface area contributed by atoms with Gasteiger partial charge in [-0.2, -0.15) is 0 Å². The minimum absolute atomic E-state index is 0.00391. The van der Waals surface area contributed by atoms with Crippen molar-refractivity contribution >= 4 is 43.8 Å². The Hall–Kier alpha value is -2.20. The second-order valence-electron chi connectivity index (χ2n) is 8.37. The average Bonchev–Trinajstić information content (AvgIpc) is 3.30. The van der Waals surface area contributed by atoms with Gasteiger partial charge in [0.1, 0.15) is 10.7 Å². The van der Waals surface area contributed by atoms with Gasteiger partial charge in [-0.1, -0.05) is 41.9 Å². The van der Waals surface area contributed by atoms with Crippen LogP contribution in [0.1, 0.15) is 37.7 Å². The molecule has 2 aromatic carbocycles. The Bertz CT molecular complexity index is 1180. The molecule has 0 spiro atoms. The van der Waals surface area contributed by atoms with Gasteiger partial charge in [0, 0.05) is 24.2 Å². The summed E-state index contributed by atoms with van der Waals surface area (Å²) < 4.78 is 42.1. The molecule has 1 aliphatic rings. The van der Waals surface area contributed by atoms with Crippen LogP contribution in [0.4, 0.5) is 15.2 Å². The highest BCUT2D eigenvalue weighted by atomic mass is 35.5. The fourth-order valence-electron chi connectivity index (χ4n) is 4.42. The zero-order chi connectivity index (χ0) is 23.5. The van der Waals surface area contributed by atoms with Crippen molar-refractivity contribution in [3.8, 4) is 0 Å². The molecule has 4 rings (SSSR count). The number of anilines is 2. The van der Waals surface area contributed by atoms with Crippen molar-refractivity contribution in [3.05, 3.63) is 70.4 Å². The summed E-state index contributed by atoms with van der Waals surface area (Å²) in [4.78, 5) is 3.35. The third-order valence-corrected chi connectivity index (χ3v) is 8.74. The van der Waals surface area contributed by atoms with E-state index < -0.39 is 20.7 Å². The number of nitrogens with zero attached hydrogens (tertiary/aromatic N) is 1. The highest BCUT2D eigenvalue weighted by Gasteiger charge is 2.35. The smallest absolute Gasteiger partial charge is 0.266 e. The zero-order valence-corrected chi connectivity index (χ0v) is 20.3. The van der Waals surface area contributed by atoms with Crippen LogP contribution in [0.3, 0.4) is 0 Å². The molecule has 1 saturated carbocycles. The summed E-state index contributed by atoms with van der Waals surface area (Å²) >= 11 is 7.43. The first-order valence-electron chi connectivity index (χ1n) is 10.8. The second-order valence-corrected chi connectivity index (χ2v) is 11.3. The van der Waals surface area contributed by atoms with Gasteiger partial charge in [0.2, 0.25) is 0 Å². The number of halogens is 2. The Morgan fingerprint density at radius 2 is 1.94 bits per heavy atom. The number of nitrogens with two attached hydrogens (primary N) is 1. The molecule has 10 heteroatoms. The van der Waals surface area contributed by atoms with E-state index in [2.05, 4.69) is 27.2 Å². The molecule has 4 N–H and O–H groups in total. The molecule has 0 bridgehead atoms. The third-order valence-electron chi connectivity index (χ3n) is 6.26. The van der Waals surface area contributed by atoms with E-state index in [1.54, 1.807) is 5.38 Å². The first-order valence-corrected chi connectivity index (χ1v) is 13.5. The Kier molecular flexibility index (Phi) is 7.23. The number of hydrogen-bond donors (Lipinski definition) is 3. The molecule has 0 saturated heterocycles. The van der Waals surface area contributed by atoms with E-state index in [0.717, 1.165) is 55.6 Å². The molecule has 33 heavy (non-hydrogen) atoms. The normalized spacial score (nSPS) is 21.0. The van der Waals surface area contributed by atoms with Crippen LogP contribution in [0.5, 0.6) is 0 Å².